The largest absolute Gasteiger partial charge is 0.312 e. The van der Waals surface area contributed by atoms with Crippen molar-refractivity contribution in [3.05, 3.63) is 0 Å². The lowest BCUT2D eigenvalue weighted by Gasteiger charge is -2.10. The van der Waals surface area contributed by atoms with E-state index in [1.807, 2.05) is 0 Å². The molecule has 1 aliphatic rings. The summed E-state index contributed by atoms with van der Waals surface area (Å²) in [5.74, 6) is 0. The van der Waals surface area contributed by atoms with Gasteiger partial charge in [0.15, 0.2) is 0 Å². The van der Waals surface area contributed by atoms with Gasteiger partial charge in [-0.1, -0.05) is 26.2 Å². The molecule has 0 radical (unpaired) electrons. The van der Waals surface area contributed by atoms with E-state index >= 15 is 0 Å². The van der Waals surface area contributed by atoms with Gasteiger partial charge in [0.25, 0.3) is 0 Å². The van der Waals surface area contributed by atoms with Crippen LogP contribution in [0, 0.1) is 0 Å². The summed E-state index contributed by atoms with van der Waals surface area (Å²) in [7, 11) is 0. The summed E-state index contributed by atoms with van der Waals surface area (Å²) in [5.41, 5.74) is 0. The van der Waals surface area contributed by atoms with Gasteiger partial charge in [-0.05, 0) is 26.2 Å². The molecule has 66 valence electrons. The molecule has 0 saturated carbocycles. The molecule has 1 unspecified atom stereocenters. The molecule has 1 heteroatoms. The van der Waals surface area contributed by atoms with Gasteiger partial charge in [-0.3, -0.25) is 0 Å². The number of rotatable bonds is 4. The van der Waals surface area contributed by atoms with Crippen molar-refractivity contribution < 1.29 is 0 Å². The van der Waals surface area contributed by atoms with E-state index in [9.17, 15) is 0 Å². The quantitative estimate of drug-likeness (QED) is 0.615. The lowest BCUT2D eigenvalue weighted by molar-refractivity contribution is 0.498. The first-order valence-electron chi connectivity index (χ1n) is 5.09. The first-order chi connectivity index (χ1) is 5.33. The molecule has 11 heavy (non-hydrogen) atoms. The molecule has 0 aliphatic carbocycles. The highest BCUT2D eigenvalue weighted by Gasteiger charge is 2.18. The minimum Gasteiger partial charge on any atom is -0.312 e. The van der Waals surface area contributed by atoms with Crippen LogP contribution in [0.25, 0.3) is 0 Å². The predicted molar refractivity (Wildman–Crippen MR) is 49.8 cm³/mol. The second-order valence-electron chi connectivity index (χ2n) is 3.84. The average Bonchev–Trinajstić information content (AvgIpc) is 2.37. The number of hydrogen-bond acceptors (Lipinski definition) is 1. The van der Waals surface area contributed by atoms with E-state index in [0.717, 1.165) is 12.1 Å². The maximum Gasteiger partial charge on any atom is 0.00701 e. The van der Waals surface area contributed by atoms with Crippen LogP contribution < -0.4 is 5.32 Å². The van der Waals surface area contributed by atoms with Gasteiger partial charge in [0, 0.05) is 12.1 Å². The smallest absolute Gasteiger partial charge is 0.00701 e. The standard InChI is InChI=1S/C10H21N/c1-3-4-5-6-10-8-7-9(2)11-10/h9-11H,3-8H2,1-2H3/t9-,10?/m1/s1. The Hall–Kier alpha value is -0.0400. The van der Waals surface area contributed by atoms with Crippen LogP contribution in [0.15, 0.2) is 0 Å². The summed E-state index contributed by atoms with van der Waals surface area (Å²) in [5, 5.41) is 3.61. The van der Waals surface area contributed by atoms with E-state index in [2.05, 4.69) is 19.2 Å². The SMILES string of the molecule is CCCCCC1CC[C@@H](C)N1. The lowest BCUT2D eigenvalue weighted by atomic mass is 10.1. The van der Waals surface area contributed by atoms with Crippen molar-refractivity contribution in [2.24, 2.45) is 0 Å². The van der Waals surface area contributed by atoms with Gasteiger partial charge in [-0.25, -0.2) is 0 Å². The fourth-order valence-electron chi connectivity index (χ4n) is 1.89. The number of unbranched alkanes of at least 4 members (excludes halogenated alkanes) is 2. The third kappa shape index (κ3) is 3.24. The first kappa shape index (κ1) is 9.05. The number of nitrogens with one attached hydrogen (secondary N) is 1. The zero-order valence-corrected chi connectivity index (χ0v) is 7.90. The van der Waals surface area contributed by atoms with E-state index in [-0.39, 0.29) is 0 Å². The third-order valence-electron chi connectivity index (χ3n) is 2.62. The highest BCUT2D eigenvalue weighted by molar-refractivity contribution is 4.79. The molecule has 1 rings (SSSR count). The molecule has 2 atom stereocenters. The molecular weight excluding hydrogens is 134 g/mol. The summed E-state index contributed by atoms with van der Waals surface area (Å²) in [6.07, 6.45) is 8.37. The summed E-state index contributed by atoms with van der Waals surface area (Å²) >= 11 is 0. The Kier molecular flexibility index (Phi) is 3.92. The molecule has 0 spiro atoms. The lowest BCUT2D eigenvalue weighted by Crippen LogP contribution is -2.26. The Labute approximate surface area is 70.6 Å². The minimum atomic E-state index is 0.779. The summed E-state index contributed by atoms with van der Waals surface area (Å²) in [6, 6.07) is 1.62. The van der Waals surface area contributed by atoms with Crippen LogP contribution >= 0.6 is 0 Å². The van der Waals surface area contributed by atoms with Gasteiger partial charge in [-0.2, -0.15) is 0 Å². The first-order valence-corrected chi connectivity index (χ1v) is 5.09. The van der Waals surface area contributed by atoms with Crippen LogP contribution in [0.2, 0.25) is 0 Å². The number of hydrogen-bond donors (Lipinski definition) is 1. The van der Waals surface area contributed by atoms with Crippen molar-refractivity contribution in [3.8, 4) is 0 Å². The van der Waals surface area contributed by atoms with Gasteiger partial charge < -0.3 is 5.32 Å². The fraction of sp³-hybridized carbons (Fsp3) is 1.00. The van der Waals surface area contributed by atoms with Gasteiger partial charge >= 0.3 is 0 Å². The Balaban J connectivity index is 1.99. The van der Waals surface area contributed by atoms with E-state index in [4.69, 9.17) is 0 Å². The van der Waals surface area contributed by atoms with Crippen molar-refractivity contribution in [1.82, 2.24) is 5.32 Å². The zero-order valence-electron chi connectivity index (χ0n) is 7.90. The van der Waals surface area contributed by atoms with Crippen molar-refractivity contribution in [2.75, 3.05) is 0 Å². The monoisotopic (exact) mass is 155 g/mol. The Bertz CT molecular complexity index is 101. The third-order valence-corrected chi connectivity index (χ3v) is 2.62. The normalized spacial score (nSPS) is 31.1. The van der Waals surface area contributed by atoms with E-state index in [1.54, 1.807) is 0 Å². The molecule has 0 bridgehead atoms. The second-order valence-corrected chi connectivity index (χ2v) is 3.84. The maximum atomic E-state index is 3.61. The van der Waals surface area contributed by atoms with Gasteiger partial charge in [0.05, 0.1) is 0 Å². The van der Waals surface area contributed by atoms with Crippen molar-refractivity contribution >= 4 is 0 Å². The molecule has 1 fully saturated rings. The van der Waals surface area contributed by atoms with E-state index in [0.29, 0.717) is 0 Å². The van der Waals surface area contributed by atoms with Crippen molar-refractivity contribution in [2.45, 2.75) is 64.5 Å². The van der Waals surface area contributed by atoms with Crippen molar-refractivity contribution in [1.29, 1.82) is 0 Å². The average molecular weight is 155 g/mol. The van der Waals surface area contributed by atoms with Crippen LogP contribution in [0.4, 0.5) is 0 Å². The van der Waals surface area contributed by atoms with Crippen LogP contribution in [0.3, 0.4) is 0 Å². The van der Waals surface area contributed by atoms with E-state index < -0.39 is 0 Å². The maximum absolute atomic E-state index is 3.61. The Morgan fingerprint density at radius 3 is 2.64 bits per heavy atom. The molecule has 0 amide bonds. The summed E-state index contributed by atoms with van der Waals surface area (Å²) < 4.78 is 0. The summed E-state index contributed by atoms with van der Waals surface area (Å²) in [4.78, 5) is 0. The van der Waals surface area contributed by atoms with Crippen LogP contribution in [-0.2, 0) is 0 Å². The summed E-state index contributed by atoms with van der Waals surface area (Å²) in [6.45, 7) is 4.56. The molecule has 1 saturated heterocycles. The van der Waals surface area contributed by atoms with Gasteiger partial charge in [0.2, 0.25) is 0 Å². The fourth-order valence-corrected chi connectivity index (χ4v) is 1.89. The Morgan fingerprint density at radius 2 is 2.09 bits per heavy atom. The molecule has 0 aromatic carbocycles. The van der Waals surface area contributed by atoms with Crippen LogP contribution in [0.5, 0.6) is 0 Å². The molecular formula is C10H21N. The molecule has 0 aromatic rings. The molecule has 1 heterocycles. The molecule has 0 aromatic heterocycles. The topological polar surface area (TPSA) is 12.0 Å². The second kappa shape index (κ2) is 4.76. The highest BCUT2D eigenvalue weighted by atomic mass is 15.0. The van der Waals surface area contributed by atoms with Gasteiger partial charge in [-0.15, -0.1) is 0 Å². The Morgan fingerprint density at radius 1 is 1.27 bits per heavy atom. The molecule has 1 aliphatic heterocycles. The van der Waals surface area contributed by atoms with Crippen LogP contribution in [0.1, 0.15) is 52.4 Å². The van der Waals surface area contributed by atoms with Crippen LogP contribution in [-0.4, -0.2) is 12.1 Å². The van der Waals surface area contributed by atoms with E-state index in [1.165, 1.54) is 38.5 Å². The predicted octanol–water partition coefficient (Wildman–Crippen LogP) is 2.71. The zero-order chi connectivity index (χ0) is 8.10. The highest BCUT2D eigenvalue weighted by Crippen LogP contribution is 2.16. The van der Waals surface area contributed by atoms with Gasteiger partial charge in [0.1, 0.15) is 0 Å². The minimum absolute atomic E-state index is 0.779. The molecule has 1 N–H and O–H groups in total. The van der Waals surface area contributed by atoms with Crippen molar-refractivity contribution in [3.63, 3.8) is 0 Å². The molecule has 1 nitrogen and oxygen atoms in total.